The predicted molar refractivity (Wildman–Crippen MR) is 57.6 cm³/mol. The van der Waals surface area contributed by atoms with Gasteiger partial charge in [-0.3, -0.25) is 0 Å². The summed E-state index contributed by atoms with van der Waals surface area (Å²) in [5, 5.41) is 9.83. The van der Waals surface area contributed by atoms with E-state index in [1.54, 1.807) is 17.7 Å². The molecule has 0 unspecified atom stereocenters. The van der Waals surface area contributed by atoms with E-state index in [2.05, 4.69) is 15.9 Å². The summed E-state index contributed by atoms with van der Waals surface area (Å²) in [7, 11) is 1.75. The van der Waals surface area contributed by atoms with Crippen molar-refractivity contribution in [2.24, 2.45) is 7.05 Å². The number of aromatic nitrogens is 1. The molecule has 2 rings (SSSR count). The first kappa shape index (κ1) is 9.27. The Balaban J connectivity index is 2.79. The van der Waals surface area contributed by atoms with Crippen LogP contribution >= 0.6 is 15.9 Å². The first-order valence-electron chi connectivity index (χ1n) is 4.08. The second-order valence-electron chi connectivity index (χ2n) is 3.10. The van der Waals surface area contributed by atoms with Gasteiger partial charge < -0.3 is 9.67 Å². The van der Waals surface area contributed by atoms with Crippen LogP contribution in [0, 0.1) is 0 Å². The first-order valence-corrected chi connectivity index (χ1v) is 4.87. The molecule has 2 aromatic rings. The van der Waals surface area contributed by atoms with Crippen LogP contribution in [0.3, 0.4) is 0 Å². The molecule has 0 aliphatic carbocycles. The minimum atomic E-state index is -0.903. The molecule has 1 heterocycles. The monoisotopic (exact) mass is 253 g/mol. The van der Waals surface area contributed by atoms with Crippen molar-refractivity contribution in [2.75, 3.05) is 0 Å². The van der Waals surface area contributed by atoms with Crippen LogP contribution in [-0.4, -0.2) is 15.6 Å². The van der Waals surface area contributed by atoms with Gasteiger partial charge in [0.1, 0.15) is 5.69 Å². The molecule has 0 saturated carbocycles. The first-order chi connectivity index (χ1) is 6.59. The van der Waals surface area contributed by atoms with Gasteiger partial charge in [-0.1, -0.05) is 15.9 Å². The molecule has 3 nitrogen and oxygen atoms in total. The summed E-state index contributed by atoms with van der Waals surface area (Å²) < 4.78 is 2.62. The number of halogens is 1. The van der Waals surface area contributed by atoms with Crippen LogP contribution in [0.5, 0.6) is 0 Å². The van der Waals surface area contributed by atoms with Crippen LogP contribution in [-0.2, 0) is 7.05 Å². The highest BCUT2D eigenvalue weighted by molar-refractivity contribution is 9.10. The van der Waals surface area contributed by atoms with E-state index >= 15 is 0 Å². The summed E-state index contributed by atoms with van der Waals surface area (Å²) in [4.78, 5) is 10.8. The lowest BCUT2D eigenvalue weighted by atomic mass is 10.2. The Morgan fingerprint density at radius 3 is 2.79 bits per heavy atom. The number of aryl methyl sites for hydroxylation is 1. The zero-order chi connectivity index (χ0) is 10.3. The van der Waals surface area contributed by atoms with E-state index in [4.69, 9.17) is 5.11 Å². The average Bonchev–Trinajstić information content (AvgIpc) is 2.43. The van der Waals surface area contributed by atoms with Crippen LogP contribution < -0.4 is 0 Å². The molecule has 14 heavy (non-hydrogen) atoms. The second kappa shape index (κ2) is 3.13. The van der Waals surface area contributed by atoms with Gasteiger partial charge in [0.05, 0.1) is 0 Å². The van der Waals surface area contributed by atoms with E-state index in [1.165, 1.54) is 0 Å². The average molecular weight is 254 g/mol. The largest absolute Gasteiger partial charge is 0.477 e. The molecule has 0 bridgehead atoms. The molecule has 0 radical (unpaired) electrons. The third-order valence-corrected chi connectivity index (χ3v) is 2.72. The highest BCUT2D eigenvalue weighted by atomic mass is 79.9. The van der Waals surface area contributed by atoms with Gasteiger partial charge in [0.2, 0.25) is 0 Å². The Kier molecular flexibility index (Phi) is 2.07. The lowest BCUT2D eigenvalue weighted by Crippen LogP contribution is -2.03. The summed E-state index contributed by atoms with van der Waals surface area (Å²) in [5.74, 6) is -0.903. The molecule has 0 spiro atoms. The second-order valence-corrected chi connectivity index (χ2v) is 4.01. The van der Waals surface area contributed by atoms with Crippen molar-refractivity contribution in [1.29, 1.82) is 0 Å². The molecule has 0 aliphatic heterocycles. The maximum Gasteiger partial charge on any atom is 0.352 e. The minimum Gasteiger partial charge on any atom is -0.477 e. The number of carbonyl (C=O) groups is 1. The number of rotatable bonds is 1. The third kappa shape index (κ3) is 1.32. The summed E-state index contributed by atoms with van der Waals surface area (Å²) >= 11 is 3.35. The van der Waals surface area contributed by atoms with Crippen molar-refractivity contribution in [2.45, 2.75) is 0 Å². The number of carboxylic acid groups (broad SMARTS) is 1. The molecule has 1 N–H and O–H groups in total. The SMILES string of the molecule is Cn1c(C(=O)O)cc2cc(Br)ccc21. The highest BCUT2D eigenvalue weighted by Crippen LogP contribution is 2.22. The number of fused-ring (bicyclic) bond motifs is 1. The Hall–Kier alpha value is -1.29. The molecule has 1 aromatic carbocycles. The Morgan fingerprint density at radius 2 is 2.14 bits per heavy atom. The molecule has 0 aliphatic rings. The van der Waals surface area contributed by atoms with Crippen molar-refractivity contribution in [1.82, 2.24) is 4.57 Å². The van der Waals surface area contributed by atoms with Crippen molar-refractivity contribution >= 4 is 32.8 Å². The smallest absolute Gasteiger partial charge is 0.352 e. The van der Waals surface area contributed by atoms with Crippen LogP contribution in [0.1, 0.15) is 10.5 Å². The Bertz CT molecular complexity index is 516. The lowest BCUT2D eigenvalue weighted by molar-refractivity contribution is 0.0687. The number of benzene rings is 1. The van der Waals surface area contributed by atoms with Gasteiger partial charge in [0.25, 0.3) is 0 Å². The van der Waals surface area contributed by atoms with E-state index in [0.717, 1.165) is 15.4 Å². The third-order valence-electron chi connectivity index (χ3n) is 2.22. The molecule has 1 aromatic heterocycles. The fourth-order valence-corrected chi connectivity index (χ4v) is 1.90. The van der Waals surface area contributed by atoms with Crippen molar-refractivity contribution in [3.05, 3.63) is 34.4 Å². The zero-order valence-electron chi connectivity index (χ0n) is 7.49. The molecule has 72 valence electrons. The maximum atomic E-state index is 10.8. The molecule has 0 fully saturated rings. The van der Waals surface area contributed by atoms with E-state index in [1.807, 2.05) is 18.2 Å². The van der Waals surface area contributed by atoms with E-state index < -0.39 is 5.97 Å². The summed E-state index contributed by atoms with van der Waals surface area (Å²) in [6.07, 6.45) is 0. The minimum absolute atomic E-state index is 0.304. The summed E-state index contributed by atoms with van der Waals surface area (Å²) in [5.41, 5.74) is 1.23. The van der Waals surface area contributed by atoms with Gasteiger partial charge in [-0.15, -0.1) is 0 Å². The maximum absolute atomic E-state index is 10.8. The fraction of sp³-hybridized carbons (Fsp3) is 0.100. The highest BCUT2D eigenvalue weighted by Gasteiger charge is 2.11. The molecule has 0 amide bonds. The fourth-order valence-electron chi connectivity index (χ4n) is 1.53. The quantitative estimate of drug-likeness (QED) is 0.849. The van der Waals surface area contributed by atoms with E-state index in [-0.39, 0.29) is 0 Å². The van der Waals surface area contributed by atoms with Crippen LogP contribution in [0.15, 0.2) is 28.7 Å². The number of aromatic carboxylic acids is 1. The van der Waals surface area contributed by atoms with Crippen LogP contribution in [0.4, 0.5) is 0 Å². The van der Waals surface area contributed by atoms with Gasteiger partial charge in [-0.05, 0) is 24.3 Å². The Labute approximate surface area is 89.1 Å². The van der Waals surface area contributed by atoms with Crippen LogP contribution in [0.2, 0.25) is 0 Å². The van der Waals surface area contributed by atoms with Gasteiger partial charge >= 0.3 is 5.97 Å². The van der Waals surface area contributed by atoms with Crippen molar-refractivity contribution < 1.29 is 9.90 Å². The normalized spacial score (nSPS) is 10.7. The van der Waals surface area contributed by atoms with Gasteiger partial charge in [-0.2, -0.15) is 0 Å². The van der Waals surface area contributed by atoms with E-state index in [0.29, 0.717) is 5.69 Å². The number of hydrogen-bond donors (Lipinski definition) is 1. The van der Waals surface area contributed by atoms with Gasteiger partial charge in [0.15, 0.2) is 0 Å². The van der Waals surface area contributed by atoms with Crippen molar-refractivity contribution in [3.8, 4) is 0 Å². The number of nitrogens with zero attached hydrogens (tertiary/aromatic N) is 1. The molecule has 0 saturated heterocycles. The molecular formula is C10H8BrNO2. The molecule has 4 heteroatoms. The van der Waals surface area contributed by atoms with Crippen LogP contribution in [0.25, 0.3) is 10.9 Å². The van der Waals surface area contributed by atoms with Gasteiger partial charge in [0, 0.05) is 22.4 Å². The van der Waals surface area contributed by atoms with E-state index in [9.17, 15) is 4.79 Å². The predicted octanol–water partition coefficient (Wildman–Crippen LogP) is 2.64. The summed E-state index contributed by atoms with van der Waals surface area (Å²) in [6.45, 7) is 0. The standard InChI is InChI=1S/C10H8BrNO2/c1-12-8-3-2-7(11)4-6(8)5-9(12)10(13)14/h2-5H,1H3,(H,13,14). The van der Waals surface area contributed by atoms with Crippen molar-refractivity contribution in [3.63, 3.8) is 0 Å². The number of carboxylic acids is 1. The topological polar surface area (TPSA) is 42.2 Å². The zero-order valence-corrected chi connectivity index (χ0v) is 9.08. The number of hydrogen-bond acceptors (Lipinski definition) is 1. The van der Waals surface area contributed by atoms with Gasteiger partial charge in [-0.25, -0.2) is 4.79 Å². The molecular weight excluding hydrogens is 246 g/mol. The Morgan fingerprint density at radius 1 is 1.43 bits per heavy atom. The summed E-state index contributed by atoms with van der Waals surface area (Å²) in [6, 6.07) is 7.37. The lowest BCUT2D eigenvalue weighted by Gasteiger charge is -1.98. The molecule has 0 atom stereocenters.